The number of unbranched alkanes of at least 4 members (excludes halogenated alkanes) is 15. The summed E-state index contributed by atoms with van der Waals surface area (Å²) in [5.74, 6) is -0.706. The normalized spacial score (nSPS) is 14.2. The molecule has 0 radical (unpaired) electrons. The minimum atomic E-state index is -0.834. The van der Waals surface area contributed by atoms with Gasteiger partial charge in [-0.15, -0.1) is 0 Å². The topological polar surface area (TPSA) is 95.9 Å². The molecular formula is C56H93NO5. The number of aliphatic hydroxyl groups is 2. The highest BCUT2D eigenvalue weighted by atomic mass is 16.5. The Morgan fingerprint density at radius 1 is 0.500 bits per heavy atom. The van der Waals surface area contributed by atoms with Gasteiger partial charge >= 0.3 is 5.97 Å². The second kappa shape index (κ2) is 48.6. The summed E-state index contributed by atoms with van der Waals surface area (Å²) in [5.41, 5.74) is 0. The number of carbonyl (C=O) groups is 2. The number of amides is 1. The number of aliphatic hydroxyl groups excluding tert-OH is 2. The maximum absolute atomic E-state index is 13.1. The van der Waals surface area contributed by atoms with E-state index in [2.05, 4.69) is 123 Å². The van der Waals surface area contributed by atoms with E-state index in [0.29, 0.717) is 19.3 Å². The number of hydrogen-bond donors (Lipinski definition) is 3. The lowest BCUT2D eigenvalue weighted by Crippen LogP contribution is -2.46. The van der Waals surface area contributed by atoms with Gasteiger partial charge in [-0.1, -0.05) is 214 Å². The van der Waals surface area contributed by atoms with Gasteiger partial charge < -0.3 is 20.3 Å². The highest BCUT2D eigenvalue weighted by molar-refractivity contribution is 5.78. The molecule has 1 amide bonds. The van der Waals surface area contributed by atoms with Crippen LogP contribution >= 0.6 is 0 Å². The summed E-state index contributed by atoms with van der Waals surface area (Å²) in [6.07, 6.45) is 66.1. The lowest BCUT2D eigenvalue weighted by molar-refractivity contribution is -0.148. The lowest BCUT2D eigenvalue weighted by Gasteiger charge is -2.23. The third-order valence-electron chi connectivity index (χ3n) is 10.6. The first-order valence-electron chi connectivity index (χ1n) is 25.1. The van der Waals surface area contributed by atoms with Crippen LogP contribution in [-0.2, 0) is 14.3 Å². The van der Waals surface area contributed by atoms with Crippen molar-refractivity contribution in [1.82, 2.24) is 5.32 Å². The second-order valence-corrected chi connectivity index (χ2v) is 16.5. The summed E-state index contributed by atoms with van der Waals surface area (Å²) in [7, 11) is 0. The number of hydrogen-bond acceptors (Lipinski definition) is 5. The molecule has 0 saturated carbocycles. The van der Waals surface area contributed by atoms with Gasteiger partial charge in [0.2, 0.25) is 5.91 Å². The van der Waals surface area contributed by atoms with Gasteiger partial charge in [0.05, 0.1) is 25.2 Å². The van der Waals surface area contributed by atoms with Crippen LogP contribution in [0.1, 0.15) is 207 Å². The Kier molecular flexibility index (Phi) is 45.8. The van der Waals surface area contributed by atoms with E-state index in [0.717, 1.165) is 70.6 Å². The van der Waals surface area contributed by atoms with Gasteiger partial charge in [-0.2, -0.15) is 0 Å². The minimum absolute atomic E-state index is 0.0740. The van der Waals surface area contributed by atoms with Gasteiger partial charge in [-0.05, 0) is 89.5 Å². The SMILES string of the molecule is CC/C=C/C/C=C/C/C=C/C/C=C/C/C=C/C(CC(=O)NC(CO)C(O)CCCCCCCCCCCCCC)OC(=O)CCC/C=C\C/C=C\C/C=C\C/C=C\CCCCC. The Balaban J connectivity index is 4.85. The first-order chi connectivity index (χ1) is 30.5. The second-order valence-electron chi connectivity index (χ2n) is 16.5. The van der Waals surface area contributed by atoms with Gasteiger partial charge in [0.15, 0.2) is 0 Å². The molecule has 0 aromatic carbocycles. The van der Waals surface area contributed by atoms with Crippen LogP contribution in [-0.4, -0.2) is 46.9 Å². The zero-order valence-electron chi connectivity index (χ0n) is 40.0. The van der Waals surface area contributed by atoms with Crippen LogP contribution in [0.3, 0.4) is 0 Å². The minimum Gasteiger partial charge on any atom is -0.458 e. The Hall–Kier alpha value is -3.48. The first-order valence-corrected chi connectivity index (χ1v) is 25.1. The molecule has 3 N–H and O–H groups in total. The monoisotopic (exact) mass is 860 g/mol. The Morgan fingerprint density at radius 2 is 0.903 bits per heavy atom. The fourth-order valence-corrected chi connectivity index (χ4v) is 6.79. The molecule has 0 aromatic heterocycles. The molecule has 3 atom stereocenters. The molecular weight excluding hydrogens is 767 g/mol. The molecule has 62 heavy (non-hydrogen) atoms. The Bertz CT molecular complexity index is 1280. The van der Waals surface area contributed by atoms with E-state index in [-0.39, 0.29) is 31.3 Å². The van der Waals surface area contributed by atoms with Crippen LogP contribution < -0.4 is 5.32 Å². The molecule has 0 saturated heterocycles. The Morgan fingerprint density at radius 3 is 1.37 bits per heavy atom. The zero-order chi connectivity index (χ0) is 45.2. The molecule has 3 unspecified atom stereocenters. The van der Waals surface area contributed by atoms with Crippen molar-refractivity contribution in [2.45, 2.75) is 225 Å². The van der Waals surface area contributed by atoms with E-state index < -0.39 is 18.2 Å². The van der Waals surface area contributed by atoms with Gasteiger partial charge in [0, 0.05) is 6.42 Å². The van der Waals surface area contributed by atoms with E-state index in [4.69, 9.17) is 4.74 Å². The molecule has 352 valence electrons. The van der Waals surface area contributed by atoms with Gasteiger partial charge in [-0.25, -0.2) is 0 Å². The molecule has 0 bridgehead atoms. The van der Waals surface area contributed by atoms with Gasteiger partial charge in [0.25, 0.3) is 0 Å². The third-order valence-corrected chi connectivity index (χ3v) is 10.6. The van der Waals surface area contributed by atoms with E-state index in [1.165, 1.54) is 83.5 Å². The quantitative estimate of drug-likeness (QED) is 0.0322. The maximum atomic E-state index is 13.1. The third kappa shape index (κ3) is 43.2. The van der Waals surface area contributed by atoms with Gasteiger partial charge in [-0.3, -0.25) is 9.59 Å². The fraction of sp³-hybridized carbons (Fsp3) is 0.643. The van der Waals surface area contributed by atoms with Crippen LogP contribution in [0.15, 0.2) is 109 Å². The van der Waals surface area contributed by atoms with Crippen LogP contribution in [0, 0.1) is 0 Å². The molecule has 0 fully saturated rings. The van der Waals surface area contributed by atoms with Crippen LogP contribution in [0.4, 0.5) is 0 Å². The molecule has 0 rings (SSSR count). The molecule has 0 heterocycles. The number of allylic oxidation sites excluding steroid dienone is 17. The van der Waals surface area contributed by atoms with Crippen molar-refractivity contribution in [2.24, 2.45) is 0 Å². The average Bonchev–Trinajstić information content (AvgIpc) is 3.26. The summed E-state index contributed by atoms with van der Waals surface area (Å²) in [4.78, 5) is 26.0. The summed E-state index contributed by atoms with van der Waals surface area (Å²) in [6, 6.07) is -0.759. The van der Waals surface area contributed by atoms with E-state index in [1.54, 1.807) is 6.08 Å². The molecule has 0 aliphatic carbocycles. The number of carbonyl (C=O) groups excluding carboxylic acids is 2. The van der Waals surface area contributed by atoms with Crippen molar-refractivity contribution < 1.29 is 24.5 Å². The summed E-state index contributed by atoms with van der Waals surface area (Å²) in [5, 5.41) is 23.6. The van der Waals surface area contributed by atoms with Gasteiger partial charge in [0.1, 0.15) is 6.10 Å². The molecule has 6 nitrogen and oxygen atoms in total. The van der Waals surface area contributed by atoms with Crippen LogP contribution in [0.2, 0.25) is 0 Å². The summed E-state index contributed by atoms with van der Waals surface area (Å²) < 4.78 is 5.78. The van der Waals surface area contributed by atoms with Crippen LogP contribution in [0.5, 0.6) is 0 Å². The highest BCUT2D eigenvalue weighted by Crippen LogP contribution is 2.15. The molecule has 0 aliphatic rings. The van der Waals surface area contributed by atoms with Crippen LogP contribution in [0.25, 0.3) is 0 Å². The van der Waals surface area contributed by atoms with E-state index in [1.807, 2.05) is 6.08 Å². The smallest absolute Gasteiger partial charge is 0.306 e. The summed E-state index contributed by atoms with van der Waals surface area (Å²) >= 11 is 0. The number of esters is 1. The molecule has 0 aliphatic heterocycles. The first kappa shape index (κ1) is 58.5. The number of ether oxygens (including phenoxy) is 1. The standard InChI is InChI=1S/C56H93NO5/c1-4-7-10-13-16-19-22-25-27-28-29-31-34-37-40-43-46-49-56(61)62-52(47-44-41-38-35-32-30-26-23-20-17-14-11-8-5-2)50-55(60)57-53(51-58)54(59)48-45-42-39-36-33-24-21-18-15-12-9-6-3/h8,11,16-17,19-20,25-27,29-31,35,37-38,40,44,47,52-54,58-59H,4-7,9-10,12-15,18,21-24,28,32-34,36,39,41-43,45-46,48-51H2,1-3H3,(H,57,60)/b11-8+,19-16-,20-17+,27-25-,30-26+,31-29-,38-35+,40-37-,47-44+. The highest BCUT2D eigenvalue weighted by Gasteiger charge is 2.23. The van der Waals surface area contributed by atoms with Crippen molar-refractivity contribution in [3.63, 3.8) is 0 Å². The van der Waals surface area contributed by atoms with E-state index in [9.17, 15) is 19.8 Å². The van der Waals surface area contributed by atoms with E-state index >= 15 is 0 Å². The fourth-order valence-electron chi connectivity index (χ4n) is 6.79. The number of rotatable bonds is 43. The van der Waals surface area contributed by atoms with Crippen molar-refractivity contribution in [3.05, 3.63) is 109 Å². The predicted molar refractivity (Wildman–Crippen MR) is 268 cm³/mol. The molecule has 0 aromatic rings. The maximum Gasteiger partial charge on any atom is 0.306 e. The van der Waals surface area contributed by atoms with Crippen molar-refractivity contribution >= 4 is 11.9 Å². The molecule has 0 spiro atoms. The average molecular weight is 860 g/mol. The Labute approximate surface area is 381 Å². The summed E-state index contributed by atoms with van der Waals surface area (Å²) in [6.45, 7) is 6.27. The van der Waals surface area contributed by atoms with Crippen molar-refractivity contribution in [1.29, 1.82) is 0 Å². The largest absolute Gasteiger partial charge is 0.458 e. The number of nitrogens with one attached hydrogen (secondary N) is 1. The lowest BCUT2D eigenvalue weighted by atomic mass is 10.0. The van der Waals surface area contributed by atoms with Crippen molar-refractivity contribution in [2.75, 3.05) is 6.61 Å². The van der Waals surface area contributed by atoms with Crippen molar-refractivity contribution in [3.8, 4) is 0 Å². The predicted octanol–water partition coefficient (Wildman–Crippen LogP) is 15.1. The zero-order valence-corrected chi connectivity index (χ0v) is 40.0. The molecule has 6 heteroatoms.